The minimum Gasteiger partial charge on any atom is -0.492 e. The lowest BCUT2D eigenvalue weighted by molar-refractivity contribution is 0.194. The number of benzene rings is 2. The number of halogens is 1. The average Bonchev–Trinajstić information content (AvgIpc) is 3.26. The Bertz CT molecular complexity index is 1120. The van der Waals surface area contributed by atoms with Gasteiger partial charge in [-0.15, -0.1) is 0 Å². The highest BCUT2D eigenvalue weighted by molar-refractivity contribution is 5.74. The zero-order valence-corrected chi connectivity index (χ0v) is 19.2. The highest BCUT2D eigenvalue weighted by Gasteiger charge is 2.22. The second-order valence-electron chi connectivity index (χ2n) is 8.04. The summed E-state index contributed by atoms with van der Waals surface area (Å²) in [5, 5.41) is 7.27. The SMILES string of the molecule is CCOc1cc(N2CCN(C(=O)NCc3ccc(C)c(F)c3)CC2)ccc1-n1cnc(C)n1. The maximum absolute atomic E-state index is 13.7. The minimum absolute atomic E-state index is 0.137. The smallest absolute Gasteiger partial charge is 0.317 e. The first-order valence-corrected chi connectivity index (χ1v) is 11.1. The lowest BCUT2D eigenvalue weighted by Crippen LogP contribution is -2.51. The van der Waals surface area contributed by atoms with Gasteiger partial charge in [-0.05, 0) is 50.1 Å². The molecule has 2 heterocycles. The van der Waals surface area contributed by atoms with Gasteiger partial charge in [0, 0.05) is 44.5 Å². The molecule has 0 atom stereocenters. The van der Waals surface area contributed by atoms with Crippen molar-refractivity contribution in [1.82, 2.24) is 25.0 Å². The molecule has 1 aliphatic rings. The number of carbonyl (C=O) groups excluding carboxylic acids is 1. The number of aryl methyl sites for hydroxylation is 2. The van der Waals surface area contributed by atoms with Crippen LogP contribution in [0.2, 0.25) is 0 Å². The molecule has 1 aliphatic heterocycles. The minimum atomic E-state index is -0.258. The van der Waals surface area contributed by atoms with E-state index in [1.165, 1.54) is 6.07 Å². The van der Waals surface area contributed by atoms with Crippen molar-refractivity contribution < 1.29 is 13.9 Å². The van der Waals surface area contributed by atoms with Gasteiger partial charge in [-0.3, -0.25) is 0 Å². The molecule has 2 aromatic carbocycles. The molecule has 0 aliphatic carbocycles. The Morgan fingerprint density at radius 2 is 1.91 bits per heavy atom. The van der Waals surface area contributed by atoms with E-state index in [4.69, 9.17) is 4.74 Å². The summed E-state index contributed by atoms with van der Waals surface area (Å²) >= 11 is 0. The highest BCUT2D eigenvalue weighted by Crippen LogP contribution is 2.29. The molecule has 0 spiro atoms. The lowest BCUT2D eigenvalue weighted by atomic mass is 10.1. The number of hydrogen-bond acceptors (Lipinski definition) is 5. The normalized spacial score (nSPS) is 13.8. The fourth-order valence-electron chi connectivity index (χ4n) is 3.83. The van der Waals surface area contributed by atoms with E-state index in [1.54, 1.807) is 28.9 Å². The number of hydrogen-bond donors (Lipinski definition) is 1. The number of nitrogens with one attached hydrogen (secondary N) is 1. The van der Waals surface area contributed by atoms with Crippen LogP contribution < -0.4 is 15.0 Å². The highest BCUT2D eigenvalue weighted by atomic mass is 19.1. The van der Waals surface area contributed by atoms with Crippen molar-refractivity contribution in [2.24, 2.45) is 0 Å². The quantitative estimate of drug-likeness (QED) is 0.620. The van der Waals surface area contributed by atoms with Crippen molar-refractivity contribution in [3.8, 4) is 11.4 Å². The number of rotatable bonds is 6. The Kier molecular flexibility index (Phi) is 6.76. The van der Waals surface area contributed by atoms with Gasteiger partial charge >= 0.3 is 6.03 Å². The standard InChI is InChI=1S/C24H29FN6O2/c1-4-33-23-14-20(7-8-22(23)31-16-27-18(3)28-31)29-9-11-30(12-10-29)24(32)26-15-19-6-5-17(2)21(25)13-19/h5-8,13-14,16H,4,9-12,15H2,1-3H3,(H,26,32). The summed E-state index contributed by atoms with van der Waals surface area (Å²) in [6.45, 7) is 8.98. The van der Waals surface area contributed by atoms with E-state index < -0.39 is 0 Å². The van der Waals surface area contributed by atoms with Crippen LogP contribution in [0, 0.1) is 19.7 Å². The molecule has 0 saturated carbocycles. The summed E-state index contributed by atoms with van der Waals surface area (Å²) in [6.07, 6.45) is 1.68. The van der Waals surface area contributed by atoms with Crippen molar-refractivity contribution in [1.29, 1.82) is 0 Å². The summed E-state index contributed by atoms with van der Waals surface area (Å²) in [5.74, 6) is 1.18. The predicted octanol–water partition coefficient (Wildman–Crippen LogP) is 3.45. The molecule has 1 saturated heterocycles. The van der Waals surface area contributed by atoms with Gasteiger partial charge in [-0.2, -0.15) is 5.10 Å². The largest absolute Gasteiger partial charge is 0.492 e. The topological polar surface area (TPSA) is 75.5 Å². The number of amides is 2. The number of nitrogens with zero attached hydrogens (tertiary/aromatic N) is 5. The fourth-order valence-corrected chi connectivity index (χ4v) is 3.83. The van der Waals surface area contributed by atoms with Gasteiger partial charge in [0.15, 0.2) is 0 Å². The number of urea groups is 1. The van der Waals surface area contributed by atoms with Crippen LogP contribution in [0.25, 0.3) is 5.69 Å². The summed E-state index contributed by atoms with van der Waals surface area (Å²) in [4.78, 5) is 20.8. The van der Waals surface area contributed by atoms with Gasteiger partial charge in [0.2, 0.25) is 0 Å². The third-order valence-electron chi connectivity index (χ3n) is 5.71. The van der Waals surface area contributed by atoms with Crippen LogP contribution in [-0.4, -0.2) is 58.5 Å². The van der Waals surface area contributed by atoms with Crippen LogP contribution in [0.4, 0.5) is 14.9 Å². The first-order chi connectivity index (χ1) is 15.9. The number of aromatic nitrogens is 3. The third kappa shape index (κ3) is 5.24. The van der Waals surface area contributed by atoms with Crippen LogP contribution in [0.1, 0.15) is 23.9 Å². The Morgan fingerprint density at radius 1 is 1.12 bits per heavy atom. The summed E-state index contributed by atoms with van der Waals surface area (Å²) in [5.41, 5.74) is 3.22. The van der Waals surface area contributed by atoms with E-state index in [9.17, 15) is 9.18 Å². The third-order valence-corrected chi connectivity index (χ3v) is 5.71. The molecule has 1 fully saturated rings. The number of carbonyl (C=O) groups is 1. The fraction of sp³-hybridized carbons (Fsp3) is 0.375. The van der Waals surface area contributed by atoms with Crippen LogP contribution in [0.3, 0.4) is 0 Å². The van der Waals surface area contributed by atoms with E-state index in [0.29, 0.717) is 50.7 Å². The van der Waals surface area contributed by atoms with Gasteiger partial charge in [-0.1, -0.05) is 12.1 Å². The van der Waals surface area contributed by atoms with E-state index >= 15 is 0 Å². The second kappa shape index (κ2) is 9.89. The van der Waals surface area contributed by atoms with Crippen LogP contribution in [0.15, 0.2) is 42.7 Å². The zero-order chi connectivity index (χ0) is 23.4. The number of anilines is 1. The zero-order valence-electron chi connectivity index (χ0n) is 19.2. The van der Waals surface area contributed by atoms with E-state index in [-0.39, 0.29) is 11.8 Å². The molecule has 174 valence electrons. The van der Waals surface area contributed by atoms with Gasteiger partial charge in [-0.25, -0.2) is 18.9 Å². The van der Waals surface area contributed by atoms with Crippen LogP contribution in [-0.2, 0) is 6.54 Å². The summed E-state index contributed by atoms with van der Waals surface area (Å²) < 4.78 is 21.3. The van der Waals surface area contributed by atoms with Crippen molar-refractivity contribution >= 4 is 11.7 Å². The molecule has 0 radical (unpaired) electrons. The van der Waals surface area contributed by atoms with Crippen molar-refractivity contribution in [2.75, 3.05) is 37.7 Å². The van der Waals surface area contributed by atoms with E-state index in [2.05, 4.69) is 20.3 Å². The van der Waals surface area contributed by atoms with E-state index in [0.717, 1.165) is 22.7 Å². The van der Waals surface area contributed by atoms with Crippen molar-refractivity contribution in [2.45, 2.75) is 27.3 Å². The molecule has 3 aromatic rings. The summed E-state index contributed by atoms with van der Waals surface area (Å²) in [7, 11) is 0. The van der Waals surface area contributed by atoms with Gasteiger partial charge < -0.3 is 19.9 Å². The molecule has 1 N–H and O–H groups in total. The second-order valence-corrected chi connectivity index (χ2v) is 8.04. The first kappa shape index (κ1) is 22.6. The van der Waals surface area contributed by atoms with Gasteiger partial charge in [0.25, 0.3) is 0 Å². The van der Waals surface area contributed by atoms with Crippen LogP contribution >= 0.6 is 0 Å². The maximum atomic E-state index is 13.7. The summed E-state index contributed by atoms with van der Waals surface area (Å²) in [6, 6.07) is 10.9. The molecule has 9 heteroatoms. The Balaban J connectivity index is 1.36. The molecular formula is C24H29FN6O2. The Morgan fingerprint density at radius 3 is 2.58 bits per heavy atom. The van der Waals surface area contributed by atoms with Crippen molar-refractivity contribution in [3.63, 3.8) is 0 Å². The van der Waals surface area contributed by atoms with Crippen LogP contribution in [0.5, 0.6) is 5.75 Å². The molecule has 0 unspecified atom stereocenters. The lowest BCUT2D eigenvalue weighted by Gasteiger charge is -2.36. The molecule has 1 aromatic heterocycles. The Hall–Kier alpha value is -3.62. The molecule has 0 bridgehead atoms. The first-order valence-electron chi connectivity index (χ1n) is 11.1. The van der Waals surface area contributed by atoms with Gasteiger partial charge in [0.05, 0.1) is 6.61 Å². The molecule has 33 heavy (non-hydrogen) atoms. The molecular weight excluding hydrogens is 423 g/mol. The number of piperazine rings is 1. The average molecular weight is 453 g/mol. The maximum Gasteiger partial charge on any atom is 0.317 e. The molecule has 8 nitrogen and oxygen atoms in total. The number of ether oxygens (including phenoxy) is 1. The molecule has 4 rings (SSSR count). The van der Waals surface area contributed by atoms with E-state index in [1.807, 2.05) is 38.1 Å². The van der Waals surface area contributed by atoms with Gasteiger partial charge in [0.1, 0.15) is 29.4 Å². The Labute approximate surface area is 193 Å². The van der Waals surface area contributed by atoms with Crippen molar-refractivity contribution in [3.05, 3.63) is 65.5 Å². The predicted molar refractivity (Wildman–Crippen MR) is 124 cm³/mol. The monoisotopic (exact) mass is 452 g/mol. The molecule has 2 amide bonds.